The molecular weight excluding hydrogens is 351 g/mol. The number of hydrogen-bond acceptors (Lipinski definition) is 5. The number of sulfonamides is 1. The summed E-state index contributed by atoms with van der Waals surface area (Å²) < 4.78 is 45.4. The van der Waals surface area contributed by atoms with Crippen molar-refractivity contribution in [1.29, 1.82) is 0 Å². The maximum atomic E-state index is 13.0. The SMILES string of the molecule is COc1ccc(NS(=O)(=O)c2cnc(-c3ccc(F)cc3)s2)cc1. The molecule has 0 aliphatic rings. The first-order valence-corrected chi connectivity index (χ1v) is 9.16. The number of benzene rings is 2. The van der Waals surface area contributed by atoms with Crippen molar-refractivity contribution in [1.82, 2.24) is 4.98 Å². The van der Waals surface area contributed by atoms with Gasteiger partial charge in [-0.1, -0.05) is 0 Å². The molecule has 0 saturated heterocycles. The van der Waals surface area contributed by atoms with Crippen LogP contribution in [0.1, 0.15) is 0 Å². The number of thiazole rings is 1. The zero-order valence-corrected chi connectivity index (χ0v) is 14.2. The molecule has 3 aromatic rings. The van der Waals surface area contributed by atoms with Crippen LogP contribution < -0.4 is 9.46 Å². The zero-order valence-electron chi connectivity index (χ0n) is 12.6. The molecule has 0 aliphatic carbocycles. The molecule has 0 aliphatic heterocycles. The number of nitrogens with zero attached hydrogens (tertiary/aromatic N) is 1. The Balaban J connectivity index is 1.83. The molecule has 0 radical (unpaired) electrons. The van der Waals surface area contributed by atoms with Crippen LogP contribution in [0.15, 0.2) is 58.9 Å². The third kappa shape index (κ3) is 3.55. The summed E-state index contributed by atoms with van der Waals surface area (Å²) in [4.78, 5) is 4.11. The van der Waals surface area contributed by atoms with E-state index < -0.39 is 10.0 Å². The quantitative estimate of drug-likeness (QED) is 0.748. The van der Waals surface area contributed by atoms with E-state index >= 15 is 0 Å². The van der Waals surface area contributed by atoms with Crippen LogP contribution in [0.2, 0.25) is 0 Å². The molecule has 124 valence electrons. The molecule has 8 heteroatoms. The molecule has 0 unspecified atom stereocenters. The van der Waals surface area contributed by atoms with Gasteiger partial charge in [0.25, 0.3) is 10.0 Å². The van der Waals surface area contributed by atoms with E-state index in [2.05, 4.69) is 9.71 Å². The van der Waals surface area contributed by atoms with E-state index in [9.17, 15) is 12.8 Å². The topological polar surface area (TPSA) is 68.3 Å². The minimum Gasteiger partial charge on any atom is -0.497 e. The molecule has 0 amide bonds. The number of halogens is 1. The number of aromatic nitrogens is 1. The standard InChI is InChI=1S/C16H13FN2O3S2/c1-22-14-8-6-13(7-9-14)19-24(20,21)15-10-18-16(23-15)11-2-4-12(17)5-3-11/h2-10,19H,1H3. The first-order valence-electron chi connectivity index (χ1n) is 6.86. The van der Waals surface area contributed by atoms with E-state index in [4.69, 9.17) is 4.74 Å². The van der Waals surface area contributed by atoms with Gasteiger partial charge in [-0.2, -0.15) is 0 Å². The van der Waals surface area contributed by atoms with Gasteiger partial charge in [-0.05, 0) is 48.5 Å². The summed E-state index contributed by atoms with van der Waals surface area (Å²) in [5, 5.41) is 0.505. The predicted octanol–water partition coefficient (Wildman–Crippen LogP) is 3.76. The van der Waals surface area contributed by atoms with Crippen molar-refractivity contribution in [2.75, 3.05) is 11.8 Å². The van der Waals surface area contributed by atoms with Crippen LogP contribution in [-0.2, 0) is 10.0 Å². The summed E-state index contributed by atoms with van der Waals surface area (Å²) in [7, 11) is -2.20. The van der Waals surface area contributed by atoms with Gasteiger partial charge in [0, 0.05) is 11.3 Å². The molecule has 0 bridgehead atoms. The van der Waals surface area contributed by atoms with Gasteiger partial charge in [-0.25, -0.2) is 17.8 Å². The van der Waals surface area contributed by atoms with Crippen molar-refractivity contribution in [2.45, 2.75) is 4.21 Å². The minimum absolute atomic E-state index is 0.0812. The van der Waals surface area contributed by atoms with E-state index in [1.807, 2.05) is 0 Å². The predicted molar refractivity (Wildman–Crippen MR) is 91.3 cm³/mol. The molecule has 0 fully saturated rings. The van der Waals surface area contributed by atoms with E-state index in [-0.39, 0.29) is 10.0 Å². The molecule has 2 aromatic carbocycles. The maximum Gasteiger partial charge on any atom is 0.273 e. The number of rotatable bonds is 5. The van der Waals surface area contributed by atoms with Crippen LogP contribution >= 0.6 is 11.3 Å². The Morgan fingerprint density at radius 1 is 1.08 bits per heavy atom. The third-order valence-corrected chi connectivity index (χ3v) is 6.07. The lowest BCUT2D eigenvalue weighted by molar-refractivity contribution is 0.415. The normalized spacial score (nSPS) is 11.2. The lowest BCUT2D eigenvalue weighted by atomic mass is 10.2. The summed E-state index contributed by atoms with van der Waals surface area (Å²) >= 11 is 1.02. The molecule has 1 aromatic heterocycles. The highest BCUT2D eigenvalue weighted by molar-refractivity contribution is 7.94. The van der Waals surface area contributed by atoms with E-state index in [1.165, 1.54) is 25.4 Å². The monoisotopic (exact) mass is 364 g/mol. The smallest absolute Gasteiger partial charge is 0.273 e. The highest BCUT2D eigenvalue weighted by atomic mass is 32.2. The Hall–Kier alpha value is -2.45. The molecule has 1 heterocycles. The average Bonchev–Trinajstić information content (AvgIpc) is 3.07. The second-order valence-corrected chi connectivity index (χ2v) is 7.77. The molecule has 1 N–H and O–H groups in total. The van der Waals surface area contributed by atoms with Crippen molar-refractivity contribution < 1.29 is 17.5 Å². The summed E-state index contributed by atoms with van der Waals surface area (Å²) in [6.07, 6.45) is 1.29. The Morgan fingerprint density at radius 3 is 2.38 bits per heavy atom. The number of anilines is 1. The largest absolute Gasteiger partial charge is 0.497 e. The van der Waals surface area contributed by atoms with Gasteiger partial charge in [0.2, 0.25) is 0 Å². The maximum absolute atomic E-state index is 13.0. The summed E-state index contributed by atoms with van der Waals surface area (Å²) in [5.74, 6) is 0.277. The molecule has 0 spiro atoms. The fraction of sp³-hybridized carbons (Fsp3) is 0.0625. The van der Waals surface area contributed by atoms with Gasteiger partial charge in [-0.3, -0.25) is 4.72 Å². The molecule has 24 heavy (non-hydrogen) atoms. The highest BCUT2D eigenvalue weighted by Gasteiger charge is 2.18. The van der Waals surface area contributed by atoms with Gasteiger partial charge < -0.3 is 4.74 Å². The summed E-state index contributed by atoms with van der Waals surface area (Å²) in [6.45, 7) is 0. The summed E-state index contributed by atoms with van der Waals surface area (Å²) in [5.41, 5.74) is 1.08. The lowest BCUT2D eigenvalue weighted by Gasteiger charge is -2.06. The van der Waals surface area contributed by atoms with Crippen LogP contribution in [-0.4, -0.2) is 20.5 Å². The van der Waals surface area contributed by atoms with E-state index in [1.54, 1.807) is 36.4 Å². The van der Waals surface area contributed by atoms with Crippen LogP contribution in [0.3, 0.4) is 0 Å². The lowest BCUT2D eigenvalue weighted by Crippen LogP contribution is -2.11. The van der Waals surface area contributed by atoms with Gasteiger partial charge in [0.15, 0.2) is 4.21 Å². The van der Waals surface area contributed by atoms with Crippen molar-refractivity contribution >= 4 is 27.0 Å². The molecule has 0 saturated carbocycles. The average molecular weight is 364 g/mol. The van der Waals surface area contributed by atoms with Crippen molar-refractivity contribution in [3.05, 3.63) is 60.5 Å². The summed E-state index contributed by atoms with van der Waals surface area (Å²) in [6, 6.07) is 12.3. The van der Waals surface area contributed by atoms with Crippen molar-refractivity contribution in [3.63, 3.8) is 0 Å². The molecule has 3 rings (SSSR count). The van der Waals surface area contributed by atoms with E-state index in [0.29, 0.717) is 22.0 Å². The fourth-order valence-electron chi connectivity index (χ4n) is 1.97. The fourth-order valence-corrected chi connectivity index (χ4v) is 4.17. The zero-order chi connectivity index (χ0) is 17.2. The Labute approximate surface area is 142 Å². The second-order valence-electron chi connectivity index (χ2n) is 4.83. The second kappa shape index (κ2) is 6.58. The van der Waals surface area contributed by atoms with Crippen molar-refractivity contribution in [3.8, 4) is 16.3 Å². The van der Waals surface area contributed by atoms with Crippen LogP contribution in [0.25, 0.3) is 10.6 Å². The first kappa shape index (κ1) is 16.4. The Bertz CT molecular complexity index is 936. The number of nitrogens with one attached hydrogen (secondary N) is 1. The van der Waals surface area contributed by atoms with Gasteiger partial charge in [0.1, 0.15) is 16.6 Å². The minimum atomic E-state index is -3.74. The van der Waals surface area contributed by atoms with Gasteiger partial charge in [0.05, 0.1) is 13.3 Å². The number of methoxy groups -OCH3 is 1. The number of ether oxygens (including phenoxy) is 1. The molecule has 5 nitrogen and oxygen atoms in total. The van der Waals surface area contributed by atoms with Crippen LogP contribution in [0.4, 0.5) is 10.1 Å². The van der Waals surface area contributed by atoms with E-state index in [0.717, 1.165) is 11.3 Å². The third-order valence-electron chi connectivity index (χ3n) is 3.18. The Morgan fingerprint density at radius 2 is 1.75 bits per heavy atom. The first-order chi connectivity index (χ1) is 11.5. The highest BCUT2D eigenvalue weighted by Crippen LogP contribution is 2.29. The van der Waals surface area contributed by atoms with Crippen LogP contribution in [0, 0.1) is 5.82 Å². The Kier molecular flexibility index (Phi) is 4.50. The van der Waals surface area contributed by atoms with Crippen molar-refractivity contribution in [2.24, 2.45) is 0 Å². The van der Waals surface area contributed by atoms with Gasteiger partial charge in [-0.15, -0.1) is 11.3 Å². The van der Waals surface area contributed by atoms with Gasteiger partial charge >= 0.3 is 0 Å². The molecular formula is C16H13FN2O3S2. The number of hydrogen-bond donors (Lipinski definition) is 1. The van der Waals surface area contributed by atoms with Crippen LogP contribution in [0.5, 0.6) is 5.75 Å². The molecule has 0 atom stereocenters.